The summed E-state index contributed by atoms with van der Waals surface area (Å²) in [7, 11) is 0. The Balaban J connectivity index is 1.78. The molecule has 6 heteroatoms. The lowest BCUT2D eigenvalue weighted by Gasteiger charge is -2.13. The normalized spacial score (nSPS) is 11.6. The van der Waals surface area contributed by atoms with Gasteiger partial charge in [-0.15, -0.1) is 0 Å². The minimum absolute atomic E-state index is 0.100. The number of rotatable bonds is 6. The number of amides is 1. The van der Waals surface area contributed by atoms with Crippen LogP contribution in [-0.2, 0) is 27.3 Å². The van der Waals surface area contributed by atoms with Gasteiger partial charge >= 0.3 is 5.97 Å². The van der Waals surface area contributed by atoms with Gasteiger partial charge in [-0.25, -0.2) is 4.39 Å². The second-order valence-corrected chi connectivity index (χ2v) is 6.20. The summed E-state index contributed by atoms with van der Waals surface area (Å²) < 4.78 is 18.9. The second kappa shape index (κ2) is 8.59. The molecule has 0 fully saturated rings. The molecule has 2 aromatic rings. The van der Waals surface area contributed by atoms with E-state index in [4.69, 9.17) is 4.74 Å². The van der Waals surface area contributed by atoms with Crippen LogP contribution in [0.2, 0.25) is 0 Å². The molecule has 0 heterocycles. The molecule has 24 heavy (non-hydrogen) atoms. The van der Waals surface area contributed by atoms with Gasteiger partial charge in [-0.2, -0.15) is 0 Å². The van der Waals surface area contributed by atoms with Crippen molar-refractivity contribution < 1.29 is 18.7 Å². The van der Waals surface area contributed by atoms with Crippen LogP contribution in [-0.4, -0.2) is 18.0 Å². The Kier molecular flexibility index (Phi) is 6.49. The molecule has 0 bridgehead atoms. The van der Waals surface area contributed by atoms with Gasteiger partial charge in [-0.05, 0) is 42.3 Å². The second-order valence-electron chi connectivity index (χ2n) is 5.28. The van der Waals surface area contributed by atoms with E-state index in [-0.39, 0.29) is 18.8 Å². The lowest BCUT2D eigenvalue weighted by molar-refractivity contribution is -0.154. The van der Waals surface area contributed by atoms with Crippen molar-refractivity contribution in [1.29, 1.82) is 0 Å². The SMILES string of the molecule is CC(OC(=O)Cc1ccc(Br)cc1)C(=O)NCc1ccc(F)cc1. The molecule has 1 N–H and O–H groups in total. The van der Waals surface area contributed by atoms with Crippen molar-refractivity contribution in [3.63, 3.8) is 0 Å². The van der Waals surface area contributed by atoms with E-state index in [1.807, 2.05) is 24.3 Å². The zero-order chi connectivity index (χ0) is 17.5. The zero-order valence-corrected chi connectivity index (χ0v) is 14.7. The molecule has 0 radical (unpaired) electrons. The number of benzene rings is 2. The number of carbonyl (C=O) groups excluding carboxylic acids is 2. The molecule has 0 saturated carbocycles. The van der Waals surface area contributed by atoms with Gasteiger partial charge in [0, 0.05) is 11.0 Å². The van der Waals surface area contributed by atoms with Gasteiger partial charge < -0.3 is 10.1 Å². The van der Waals surface area contributed by atoms with Crippen molar-refractivity contribution in [3.8, 4) is 0 Å². The van der Waals surface area contributed by atoms with Crippen LogP contribution in [0.3, 0.4) is 0 Å². The maximum Gasteiger partial charge on any atom is 0.311 e. The van der Waals surface area contributed by atoms with E-state index in [1.165, 1.54) is 19.1 Å². The average Bonchev–Trinajstić information content (AvgIpc) is 2.56. The van der Waals surface area contributed by atoms with Crippen molar-refractivity contribution in [2.75, 3.05) is 0 Å². The fourth-order valence-corrected chi connectivity index (χ4v) is 2.26. The lowest BCUT2D eigenvalue weighted by atomic mass is 10.1. The van der Waals surface area contributed by atoms with E-state index in [2.05, 4.69) is 21.2 Å². The molecule has 0 spiro atoms. The van der Waals surface area contributed by atoms with Crippen LogP contribution >= 0.6 is 15.9 Å². The molecule has 0 aliphatic heterocycles. The third kappa shape index (κ3) is 5.77. The van der Waals surface area contributed by atoms with Crippen LogP contribution in [0.5, 0.6) is 0 Å². The van der Waals surface area contributed by atoms with Crippen LogP contribution in [0.25, 0.3) is 0 Å². The third-order valence-corrected chi connectivity index (χ3v) is 3.85. The highest BCUT2D eigenvalue weighted by Crippen LogP contribution is 2.11. The molecule has 126 valence electrons. The molecule has 0 saturated heterocycles. The van der Waals surface area contributed by atoms with Gasteiger partial charge in [-0.3, -0.25) is 9.59 Å². The van der Waals surface area contributed by atoms with E-state index >= 15 is 0 Å². The average molecular weight is 394 g/mol. The summed E-state index contributed by atoms with van der Waals surface area (Å²) in [5, 5.41) is 2.65. The third-order valence-electron chi connectivity index (χ3n) is 3.32. The van der Waals surface area contributed by atoms with Crippen LogP contribution < -0.4 is 5.32 Å². The molecular formula is C18H17BrFNO3. The fourth-order valence-electron chi connectivity index (χ4n) is 2.00. The molecule has 1 atom stereocenters. The van der Waals surface area contributed by atoms with Crippen LogP contribution in [0.1, 0.15) is 18.1 Å². The summed E-state index contributed by atoms with van der Waals surface area (Å²) >= 11 is 3.32. The number of hydrogen-bond acceptors (Lipinski definition) is 3. The van der Waals surface area contributed by atoms with E-state index in [1.54, 1.807) is 12.1 Å². The van der Waals surface area contributed by atoms with Gasteiger partial charge in [0.05, 0.1) is 6.42 Å². The number of nitrogens with one attached hydrogen (secondary N) is 1. The van der Waals surface area contributed by atoms with Crippen LogP contribution in [0.4, 0.5) is 4.39 Å². The molecule has 1 amide bonds. The quantitative estimate of drug-likeness (QED) is 0.765. The summed E-state index contributed by atoms with van der Waals surface area (Å²) in [6.07, 6.45) is -0.795. The Bertz CT molecular complexity index is 701. The highest BCUT2D eigenvalue weighted by Gasteiger charge is 2.17. The van der Waals surface area contributed by atoms with Crippen molar-refractivity contribution in [2.45, 2.75) is 26.0 Å². The van der Waals surface area contributed by atoms with Gasteiger partial charge in [-0.1, -0.05) is 40.2 Å². The van der Waals surface area contributed by atoms with E-state index in [0.29, 0.717) is 0 Å². The standard InChI is InChI=1S/C18H17BrFNO3/c1-12(18(23)21-11-14-4-8-16(20)9-5-14)24-17(22)10-13-2-6-15(19)7-3-13/h2-9,12H,10-11H2,1H3,(H,21,23). The van der Waals surface area contributed by atoms with E-state index in [9.17, 15) is 14.0 Å². The predicted octanol–water partition coefficient (Wildman–Crippen LogP) is 3.38. The topological polar surface area (TPSA) is 55.4 Å². The zero-order valence-electron chi connectivity index (χ0n) is 13.1. The minimum atomic E-state index is -0.895. The predicted molar refractivity (Wildman–Crippen MR) is 91.6 cm³/mol. The van der Waals surface area contributed by atoms with E-state index < -0.39 is 18.0 Å². The van der Waals surface area contributed by atoms with Crippen LogP contribution in [0, 0.1) is 5.82 Å². The largest absolute Gasteiger partial charge is 0.452 e. The first-order valence-electron chi connectivity index (χ1n) is 7.40. The first-order chi connectivity index (χ1) is 11.4. The first kappa shape index (κ1) is 18.1. The van der Waals surface area contributed by atoms with Crippen molar-refractivity contribution >= 4 is 27.8 Å². The van der Waals surface area contributed by atoms with Crippen molar-refractivity contribution in [3.05, 3.63) is 69.9 Å². The van der Waals surface area contributed by atoms with Crippen LogP contribution in [0.15, 0.2) is 53.0 Å². The summed E-state index contributed by atoms with van der Waals surface area (Å²) in [5.74, 6) is -1.20. The summed E-state index contributed by atoms with van der Waals surface area (Å²) in [5.41, 5.74) is 1.57. The Labute approximate surface area is 148 Å². The van der Waals surface area contributed by atoms with Crippen molar-refractivity contribution in [2.24, 2.45) is 0 Å². The maximum atomic E-state index is 12.8. The van der Waals surface area contributed by atoms with Gasteiger partial charge in [0.25, 0.3) is 5.91 Å². The van der Waals surface area contributed by atoms with Crippen molar-refractivity contribution in [1.82, 2.24) is 5.32 Å². The monoisotopic (exact) mass is 393 g/mol. The molecule has 2 aromatic carbocycles. The summed E-state index contributed by atoms with van der Waals surface area (Å²) in [6.45, 7) is 1.76. The highest BCUT2D eigenvalue weighted by molar-refractivity contribution is 9.10. The van der Waals surface area contributed by atoms with E-state index in [0.717, 1.165) is 15.6 Å². The summed E-state index contributed by atoms with van der Waals surface area (Å²) in [6, 6.07) is 13.1. The smallest absolute Gasteiger partial charge is 0.311 e. The number of carbonyl (C=O) groups is 2. The molecule has 0 aliphatic rings. The fraction of sp³-hybridized carbons (Fsp3) is 0.222. The molecular weight excluding hydrogens is 377 g/mol. The Hall–Kier alpha value is -2.21. The number of ether oxygens (including phenoxy) is 1. The Morgan fingerprint density at radius 2 is 1.67 bits per heavy atom. The Morgan fingerprint density at radius 1 is 1.08 bits per heavy atom. The number of halogens is 2. The van der Waals surface area contributed by atoms with Gasteiger partial charge in [0.15, 0.2) is 6.10 Å². The molecule has 2 rings (SSSR count). The molecule has 1 unspecified atom stereocenters. The maximum absolute atomic E-state index is 12.8. The van der Waals surface area contributed by atoms with Gasteiger partial charge in [0.2, 0.25) is 0 Å². The molecule has 0 aliphatic carbocycles. The summed E-state index contributed by atoms with van der Waals surface area (Å²) in [4.78, 5) is 23.8. The molecule has 0 aromatic heterocycles. The van der Waals surface area contributed by atoms with Gasteiger partial charge in [0.1, 0.15) is 5.82 Å². The number of hydrogen-bond donors (Lipinski definition) is 1. The molecule has 4 nitrogen and oxygen atoms in total. The Morgan fingerprint density at radius 3 is 2.29 bits per heavy atom. The lowest BCUT2D eigenvalue weighted by Crippen LogP contribution is -2.35. The highest BCUT2D eigenvalue weighted by atomic mass is 79.9. The minimum Gasteiger partial charge on any atom is -0.452 e. The first-order valence-corrected chi connectivity index (χ1v) is 8.19. The number of esters is 1.